The third-order valence-electron chi connectivity index (χ3n) is 7.23. The quantitative estimate of drug-likeness (QED) is 0.468. The van der Waals surface area contributed by atoms with E-state index in [1.807, 2.05) is 24.5 Å². The molecule has 5 heterocycles. The van der Waals surface area contributed by atoms with Crippen LogP contribution in [0.5, 0.6) is 0 Å². The zero-order valence-electron chi connectivity index (χ0n) is 19.7. The highest BCUT2D eigenvalue weighted by molar-refractivity contribution is 5.98. The smallest absolute Gasteiger partial charge is 0.270 e. The third-order valence-corrected chi connectivity index (χ3v) is 7.23. The first-order valence-electron chi connectivity index (χ1n) is 12.1. The van der Waals surface area contributed by atoms with Crippen LogP contribution in [0.2, 0.25) is 0 Å². The Kier molecular flexibility index (Phi) is 5.34. The molecule has 2 fully saturated rings. The van der Waals surface area contributed by atoms with Gasteiger partial charge in [-0.1, -0.05) is 12.8 Å². The lowest BCUT2D eigenvalue weighted by molar-refractivity contribution is 0.313. The maximum Gasteiger partial charge on any atom is 0.270 e. The molecule has 0 aromatic carbocycles. The number of hydrogen-bond acceptors (Lipinski definition) is 8. The number of nitriles is 1. The highest BCUT2D eigenvalue weighted by Crippen LogP contribution is 2.33. The fourth-order valence-electron chi connectivity index (χ4n) is 5.29. The van der Waals surface area contributed by atoms with Crippen LogP contribution in [0.3, 0.4) is 0 Å². The molecule has 4 aromatic heterocycles. The van der Waals surface area contributed by atoms with Crippen LogP contribution >= 0.6 is 0 Å². The number of pyridine rings is 2. The summed E-state index contributed by atoms with van der Waals surface area (Å²) in [7, 11) is 2.14. The summed E-state index contributed by atoms with van der Waals surface area (Å²) in [6.45, 7) is 3.94. The van der Waals surface area contributed by atoms with Crippen molar-refractivity contribution < 1.29 is 0 Å². The molecule has 2 N–H and O–H groups in total. The molecule has 2 aliphatic rings. The van der Waals surface area contributed by atoms with Gasteiger partial charge in [-0.25, -0.2) is 9.97 Å². The zero-order chi connectivity index (χ0) is 23.9. The van der Waals surface area contributed by atoms with E-state index in [0.717, 1.165) is 68.5 Å². The largest absolute Gasteiger partial charge is 0.366 e. The first-order chi connectivity index (χ1) is 17.1. The fraction of sp³-hybridized carbons (Fsp3) is 0.400. The summed E-state index contributed by atoms with van der Waals surface area (Å²) in [4.78, 5) is 35.0. The number of nitrogens with one attached hydrogen (secondary N) is 2. The Morgan fingerprint density at radius 2 is 1.94 bits per heavy atom. The average molecular weight is 470 g/mol. The van der Waals surface area contributed by atoms with Crippen LogP contribution in [0.4, 0.5) is 17.5 Å². The second-order valence-electron chi connectivity index (χ2n) is 9.43. The van der Waals surface area contributed by atoms with Gasteiger partial charge in [0.25, 0.3) is 5.56 Å². The van der Waals surface area contributed by atoms with Crippen molar-refractivity contribution in [2.45, 2.75) is 31.7 Å². The number of aromatic nitrogens is 5. The summed E-state index contributed by atoms with van der Waals surface area (Å²) in [5.74, 6) is 1.03. The van der Waals surface area contributed by atoms with Gasteiger partial charge in [-0.05, 0) is 32.0 Å². The molecule has 0 atom stereocenters. The standard InChI is InChI=1S/C25H27N9O/c1-32-8-10-33(11-9-32)20-15-28-22(19-6-7-27-21(19)20)30-25-29-14-17-12-16(13-26)24(35)34(23(17)31-25)18-4-2-3-5-18/h6-7,12,14-15,18,27H,2-5,8-11H2,1H3,(H,28,29,30,31). The van der Waals surface area contributed by atoms with Gasteiger partial charge >= 0.3 is 0 Å². The van der Waals surface area contributed by atoms with E-state index in [1.165, 1.54) is 0 Å². The first-order valence-corrected chi connectivity index (χ1v) is 12.1. The van der Waals surface area contributed by atoms with E-state index in [-0.39, 0.29) is 17.2 Å². The van der Waals surface area contributed by atoms with Crippen molar-refractivity contribution >= 4 is 39.4 Å². The van der Waals surface area contributed by atoms with E-state index in [0.29, 0.717) is 22.8 Å². The zero-order valence-corrected chi connectivity index (χ0v) is 19.7. The average Bonchev–Trinajstić information content (AvgIpc) is 3.57. The Morgan fingerprint density at radius 1 is 1.14 bits per heavy atom. The Morgan fingerprint density at radius 3 is 2.71 bits per heavy atom. The molecular weight excluding hydrogens is 442 g/mol. The SMILES string of the molecule is CN1CCN(c2cnc(Nc3ncc4cc(C#N)c(=O)n(C5CCCC5)c4n3)c3cc[nH]c23)CC1. The number of anilines is 3. The highest BCUT2D eigenvalue weighted by atomic mass is 16.1. The van der Waals surface area contributed by atoms with Crippen molar-refractivity contribution in [1.29, 1.82) is 5.26 Å². The van der Waals surface area contributed by atoms with Crippen molar-refractivity contribution in [2.75, 3.05) is 43.4 Å². The topological polar surface area (TPSA) is 119 Å². The van der Waals surface area contributed by atoms with Gasteiger partial charge in [-0.2, -0.15) is 10.2 Å². The van der Waals surface area contributed by atoms with Gasteiger partial charge in [0.2, 0.25) is 5.95 Å². The number of nitrogens with zero attached hydrogens (tertiary/aromatic N) is 7. The molecule has 0 amide bonds. The minimum Gasteiger partial charge on any atom is -0.366 e. The highest BCUT2D eigenvalue weighted by Gasteiger charge is 2.23. The monoisotopic (exact) mass is 469 g/mol. The molecule has 0 unspecified atom stereocenters. The van der Waals surface area contributed by atoms with E-state index in [9.17, 15) is 10.1 Å². The van der Waals surface area contributed by atoms with Gasteiger partial charge in [-0.15, -0.1) is 0 Å². The summed E-state index contributed by atoms with van der Waals surface area (Å²) < 4.78 is 1.70. The Hall–Kier alpha value is -3.97. The van der Waals surface area contributed by atoms with Crippen LogP contribution < -0.4 is 15.8 Å². The Bertz CT molecular complexity index is 1500. The van der Waals surface area contributed by atoms with Crippen molar-refractivity contribution in [3.8, 4) is 6.07 Å². The van der Waals surface area contributed by atoms with Crippen LogP contribution in [0.15, 0.2) is 35.5 Å². The lowest BCUT2D eigenvalue weighted by Gasteiger charge is -2.34. The van der Waals surface area contributed by atoms with E-state index >= 15 is 0 Å². The van der Waals surface area contributed by atoms with Gasteiger partial charge in [0.1, 0.15) is 23.1 Å². The predicted molar refractivity (Wildman–Crippen MR) is 135 cm³/mol. The van der Waals surface area contributed by atoms with Gasteiger partial charge in [-0.3, -0.25) is 9.36 Å². The normalized spacial score (nSPS) is 17.3. The Labute approximate surface area is 202 Å². The van der Waals surface area contributed by atoms with E-state index in [4.69, 9.17) is 9.97 Å². The number of likely N-dealkylation sites (N-methyl/N-ethyl adjacent to an activating group) is 1. The number of piperazine rings is 1. The third kappa shape index (κ3) is 3.78. The molecule has 10 heteroatoms. The molecule has 0 radical (unpaired) electrons. The minimum absolute atomic E-state index is 0.0541. The van der Waals surface area contributed by atoms with Crippen molar-refractivity contribution in [3.63, 3.8) is 0 Å². The van der Waals surface area contributed by atoms with Crippen LogP contribution in [0, 0.1) is 11.3 Å². The van der Waals surface area contributed by atoms with Crippen LogP contribution in [0.1, 0.15) is 37.3 Å². The van der Waals surface area contributed by atoms with E-state index < -0.39 is 0 Å². The van der Waals surface area contributed by atoms with Crippen LogP contribution in [0.25, 0.3) is 21.9 Å². The molecule has 178 valence electrons. The van der Waals surface area contributed by atoms with E-state index in [2.05, 4.69) is 32.1 Å². The van der Waals surface area contributed by atoms with Gasteiger partial charge in [0, 0.05) is 55.4 Å². The maximum atomic E-state index is 13.1. The number of fused-ring (bicyclic) bond motifs is 2. The minimum atomic E-state index is -0.278. The van der Waals surface area contributed by atoms with E-state index in [1.54, 1.807) is 16.8 Å². The summed E-state index contributed by atoms with van der Waals surface area (Å²) in [6, 6.07) is 5.67. The molecule has 4 aromatic rings. The molecule has 35 heavy (non-hydrogen) atoms. The number of hydrogen-bond donors (Lipinski definition) is 2. The van der Waals surface area contributed by atoms with Crippen LogP contribution in [-0.4, -0.2) is 62.6 Å². The summed E-state index contributed by atoms with van der Waals surface area (Å²) in [5.41, 5.74) is 2.51. The molecule has 0 spiro atoms. The summed E-state index contributed by atoms with van der Waals surface area (Å²) in [6.07, 6.45) is 9.44. The molecule has 1 aliphatic heterocycles. The van der Waals surface area contributed by atoms with Gasteiger partial charge in [0.05, 0.1) is 17.4 Å². The second kappa shape index (κ2) is 8.67. The second-order valence-corrected chi connectivity index (χ2v) is 9.43. The first kappa shape index (κ1) is 21.6. The maximum absolute atomic E-state index is 13.1. The molecule has 0 bridgehead atoms. The molecule has 1 aliphatic carbocycles. The fourth-order valence-corrected chi connectivity index (χ4v) is 5.29. The van der Waals surface area contributed by atoms with Gasteiger partial charge < -0.3 is 20.1 Å². The molecule has 1 saturated heterocycles. The van der Waals surface area contributed by atoms with Crippen molar-refractivity contribution in [1.82, 2.24) is 29.4 Å². The summed E-state index contributed by atoms with van der Waals surface area (Å²) in [5, 5.41) is 14.4. The van der Waals surface area contributed by atoms with Crippen molar-refractivity contribution in [3.05, 3.63) is 46.6 Å². The Balaban J connectivity index is 1.39. The van der Waals surface area contributed by atoms with Crippen molar-refractivity contribution in [2.24, 2.45) is 0 Å². The summed E-state index contributed by atoms with van der Waals surface area (Å²) >= 11 is 0. The lowest BCUT2D eigenvalue weighted by Crippen LogP contribution is -2.44. The molecular formula is C25H27N9O. The number of H-pyrrole nitrogens is 1. The molecule has 1 saturated carbocycles. The number of aromatic amines is 1. The molecule has 6 rings (SSSR count). The lowest BCUT2D eigenvalue weighted by atomic mass is 10.2. The van der Waals surface area contributed by atoms with Gasteiger partial charge in [0.15, 0.2) is 0 Å². The molecule has 10 nitrogen and oxygen atoms in total. The predicted octanol–water partition coefficient (Wildman–Crippen LogP) is 3.15. The van der Waals surface area contributed by atoms with Crippen LogP contribution in [-0.2, 0) is 0 Å². The number of rotatable bonds is 4.